The molecule has 0 radical (unpaired) electrons. The predicted molar refractivity (Wildman–Crippen MR) is 71.5 cm³/mol. The highest BCUT2D eigenvalue weighted by Gasteiger charge is 2.02. The van der Waals surface area contributed by atoms with Crippen molar-refractivity contribution in [1.29, 1.82) is 0 Å². The minimum atomic E-state index is -0.695. The Hall–Kier alpha value is -2.31. The summed E-state index contributed by atoms with van der Waals surface area (Å²) < 4.78 is 18.5. The van der Waals surface area contributed by atoms with E-state index >= 15 is 0 Å². The zero-order valence-corrected chi connectivity index (χ0v) is 10.4. The van der Waals surface area contributed by atoms with E-state index in [1.165, 1.54) is 12.1 Å². The molecule has 0 saturated heterocycles. The number of rotatable bonds is 2. The maximum Gasteiger partial charge on any atom is 0.143 e. The minimum absolute atomic E-state index is 0.311. The molecule has 0 aliphatic heterocycles. The molecule has 2 rings (SSSR count). The number of halogens is 1. The Kier molecular flexibility index (Phi) is 4.17. The highest BCUT2D eigenvalue weighted by Crippen LogP contribution is 2.24. The standard InChI is InChI=1S/C16H13FO2/c1-12(18)6-7-13-4-2-3-5-16(13)19-15-10-8-14(17)9-11-15/h2-5,8-12,18H,1H3. The van der Waals surface area contributed by atoms with Crippen molar-refractivity contribution >= 4 is 0 Å². The number of ether oxygens (including phenoxy) is 1. The van der Waals surface area contributed by atoms with Crippen LogP contribution in [-0.4, -0.2) is 11.2 Å². The zero-order chi connectivity index (χ0) is 13.7. The number of aliphatic hydroxyl groups excluding tert-OH is 1. The molecule has 3 heteroatoms. The fraction of sp³-hybridized carbons (Fsp3) is 0.125. The molecule has 96 valence electrons. The van der Waals surface area contributed by atoms with Crippen molar-refractivity contribution in [2.24, 2.45) is 0 Å². The fourth-order valence-corrected chi connectivity index (χ4v) is 1.47. The molecule has 0 amide bonds. The van der Waals surface area contributed by atoms with Crippen LogP contribution >= 0.6 is 0 Å². The zero-order valence-electron chi connectivity index (χ0n) is 10.4. The monoisotopic (exact) mass is 256 g/mol. The van der Waals surface area contributed by atoms with Gasteiger partial charge in [0.15, 0.2) is 0 Å². The first-order valence-electron chi connectivity index (χ1n) is 5.87. The Morgan fingerprint density at radius 2 is 1.79 bits per heavy atom. The van der Waals surface area contributed by atoms with Crippen LogP contribution in [0.5, 0.6) is 11.5 Å². The van der Waals surface area contributed by atoms with Gasteiger partial charge in [0.1, 0.15) is 23.4 Å². The summed E-state index contributed by atoms with van der Waals surface area (Å²) >= 11 is 0. The molecule has 19 heavy (non-hydrogen) atoms. The topological polar surface area (TPSA) is 29.5 Å². The summed E-state index contributed by atoms with van der Waals surface area (Å²) in [4.78, 5) is 0. The number of hydrogen-bond acceptors (Lipinski definition) is 2. The number of para-hydroxylation sites is 1. The van der Waals surface area contributed by atoms with Gasteiger partial charge in [-0.15, -0.1) is 0 Å². The summed E-state index contributed by atoms with van der Waals surface area (Å²) in [6.07, 6.45) is -0.695. The van der Waals surface area contributed by atoms with E-state index in [0.29, 0.717) is 17.1 Å². The second-order valence-electron chi connectivity index (χ2n) is 4.00. The van der Waals surface area contributed by atoms with Crippen molar-refractivity contribution in [2.75, 3.05) is 0 Å². The summed E-state index contributed by atoms with van der Waals surface area (Å²) in [6, 6.07) is 13.0. The van der Waals surface area contributed by atoms with Crippen molar-refractivity contribution in [1.82, 2.24) is 0 Å². The van der Waals surface area contributed by atoms with Crippen LogP contribution in [0.25, 0.3) is 0 Å². The summed E-state index contributed by atoms with van der Waals surface area (Å²) in [7, 11) is 0. The molecule has 0 saturated carbocycles. The molecule has 0 fully saturated rings. The number of benzene rings is 2. The predicted octanol–water partition coefficient (Wildman–Crippen LogP) is 3.35. The Morgan fingerprint density at radius 1 is 1.11 bits per heavy atom. The maximum absolute atomic E-state index is 12.8. The van der Waals surface area contributed by atoms with Crippen LogP contribution < -0.4 is 4.74 Å². The Labute approximate surface area is 111 Å². The highest BCUT2D eigenvalue weighted by molar-refractivity contribution is 5.48. The molecule has 2 nitrogen and oxygen atoms in total. The summed E-state index contributed by atoms with van der Waals surface area (Å²) in [5.41, 5.74) is 0.674. The van der Waals surface area contributed by atoms with Crippen molar-refractivity contribution in [2.45, 2.75) is 13.0 Å². The molecule has 2 aromatic carbocycles. The first-order chi connectivity index (χ1) is 9.15. The van der Waals surface area contributed by atoms with E-state index < -0.39 is 6.10 Å². The smallest absolute Gasteiger partial charge is 0.143 e. The van der Waals surface area contributed by atoms with Crippen LogP contribution in [0.4, 0.5) is 4.39 Å². The molecule has 1 unspecified atom stereocenters. The van der Waals surface area contributed by atoms with E-state index in [4.69, 9.17) is 9.84 Å². The van der Waals surface area contributed by atoms with Crippen molar-refractivity contribution < 1.29 is 14.2 Å². The lowest BCUT2D eigenvalue weighted by Gasteiger charge is -2.07. The first-order valence-corrected chi connectivity index (χ1v) is 5.87. The molecule has 0 heterocycles. The van der Waals surface area contributed by atoms with Crippen molar-refractivity contribution in [3.8, 4) is 23.3 Å². The Balaban J connectivity index is 2.26. The molecule has 0 aromatic heterocycles. The average Bonchev–Trinajstić information content (AvgIpc) is 2.40. The summed E-state index contributed by atoms with van der Waals surface area (Å²) in [6.45, 7) is 1.59. The van der Waals surface area contributed by atoms with Gasteiger partial charge in [0.05, 0.1) is 5.56 Å². The van der Waals surface area contributed by atoms with E-state index in [2.05, 4.69) is 11.8 Å². The van der Waals surface area contributed by atoms with Crippen LogP contribution in [0.15, 0.2) is 48.5 Å². The Morgan fingerprint density at radius 3 is 2.47 bits per heavy atom. The van der Waals surface area contributed by atoms with Crippen LogP contribution in [0.1, 0.15) is 12.5 Å². The summed E-state index contributed by atoms with van der Waals surface area (Å²) in [5.74, 6) is 6.30. The van der Waals surface area contributed by atoms with Gasteiger partial charge in [0.25, 0.3) is 0 Å². The van der Waals surface area contributed by atoms with Gasteiger partial charge in [-0.2, -0.15) is 0 Å². The van der Waals surface area contributed by atoms with Crippen molar-refractivity contribution in [3.05, 3.63) is 59.9 Å². The highest BCUT2D eigenvalue weighted by atomic mass is 19.1. The van der Waals surface area contributed by atoms with E-state index in [1.807, 2.05) is 12.1 Å². The largest absolute Gasteiger partial charge is 0.456 e. The molecule has 1 atom stereocenters. The van der Waals surface area contributed by atoms with Crippen LogP contribution in [0.2, 0.25) is 0 Å². The van der Waals surface area contributed by atoms with Gasteiger partial charge in [-0.3, -0.25) is 0 Å². The Bertz CT molecular complexity index is 607. The van der Waals surface area contributed by atoms with Crippen LogP contribution in [-0.2, 0) is 0 Å². The van der Waals surface area contributed by atoms with Gasteiger partial charge in [0.2, 0.25) is 0 Å². The van der Waals surface area contributed by atoms with Crippen LogP contribution in [0, 0.1) is 17.7 Å². The van der Waals surface area contributed by atoms with Gasteiger partial charge in [-0.25, -0.2) is 4.39 Å². The molecular weight excluding hydrogens is 243 g/mol. The quantitative estimate of drug-likeness (QED) is 0.835. The molecule has 0 aliphatic rings. The third-order valence-corrected chi connectivity index (χ3v) is 2.34. The molecule has 1 N–H and O–H groups in total. The first kappa shape index (κ1) is 13.1. The van der Waals surface area contributed by atoms with Gasteiger partial charge in [-0.1, -0.05) is 24.0 Å². The normalized spacial score (nSPS) is 11.3. The summed E-state index contributed by atoms with van der Waals surface area (Å²) in [5, 5.41) is 9.17. The SMILES string of the molecule is CC(O)C#Cc1ccccc1Oc1ccc(F)cc1. The average molecular weight is 256 g/mol. The lowest BCUT2D eigenvalue weighted by Crippen LogP contribution is -1.93. The number of aliphatic hydroxyl groups is 1. The molecule has 2 aromatic rings. The second kappa shape index (κ2) is 6.03. The van der Waals surface area contributed by atoms with Gasteiger partial charge >= 0.3 is 0 Å². The van der Waals surface area contributed by atoms with E-state index in [9.17, 15) is 4.39 Å². The van der Waals surface area contributed by atoms with E-state index in [1.54, 1.807) is 31.2 Å². The third-order valence-electron chi connectivity index (χ3n) is 2.34. The maximum atomic E-state index is 12.8. The minimum Gasteiger partial charge on any atom is -0.456 e. The fourth-order valence-electron chi connectivity index (χ4n) is 1.47. The molecule has 0 bridgehead atoms. The lowest BCUT2D eigenvalue weighted by molar-refractivity contribution is 0.253. The molecule has 0 spiro atoms. The second-order valence-corrected chi connectivity index (χ2v) is 4.00. The third kappa shape index (κ3) is 3.84. The van der Waals surface area contributed by atoms with Gasteiger partial charge in [-0.05, 0) is 43.3 Å². The number of hydrogen-bond donors (Lipinski definition) is 1. The van der Waals surface area contributed by atoms with Gasteiger partial charge in [0, 0.05) is 0 Å². The van der Waals surface area contributed by atoms with E-state index in [-0.39, 0.29) is 5.82 Å². The van der Waals surface area contributed by atoms with E-state index in [0.717, 1.165) is 0 Å². The lowest BCUT2D eigenvalue weighted by atomic mass is 10.2. The van der Waals surface area contributed by atoms with Crippen LogP contribution in [0.3, 0.4) is 0 Å². The molecular formula is C16H13FO2. The van der Waals surface area contributed by atoms with Crippen molar-refractivity contribution in [3.63, 3.8) is 0 Å². The van der Waals surface area contributed by atoms with Gasteiger partial charge < -0.3 is 9.84 Å². The molecule has 0 aliphatic carbocycles.